The van der Waals surface area contributed by atoms with Crippen molar-refractivity contribution in [3.05, 3.63) is 10.8 Å². The predicted molar refractivity (Wildman–Crippen MR) is 64.6 cm³/mol. The zero-order valence-corrected chi connectivity index (χ0v) is 10.9. The summed E-state index contributed by atoms with van der Waals surface area (Å²) in [6, 6.07) is 0. The van der Waals surface area contributed by atoms with E-state index in [2.05, 4.69) is 36.1 Å². The fraction of sp³-hybridized carbons (Fsp3) is 0.700. The summed E-state index contributed by atoms with van der Waals surface area (Å²) in [4.78, 5) is 0.823. The fourth-order valence-electron chi connectivity index (χ4n) is 1.37. The lowest BCUT2D eigenvalue weighted by atomic mass is 10.0. The predicted octanol–water partition coefficient (Wildman–Crippen LogP) is 1.89. The average molecular weight is 239 g/mol. The first-order valence-corrected chi connectivity index (χ1v) is 6.29. The maximum atomic E-state index is 6.17. The maximum absolute atomic E-state index is 6.17. The maximum Gasteiger partial charge on any atom is 0.234 e. The van der Waals surface area contributed by atoms with Crippen LogP contribution in [-0.4, -0.2) is 19.8 Å². The van der Waals surface area contributed by atoms with Gasteiger partial charge in [0.25, 0.3) is 0 Å². The fourth-order valence-corrected chi connectivity index (χ4v) is 2.35. The summed E-state index contributed by atoms with van der Waals surface area (Å²) < 4.78 is 1.81. The van der Waals surface area contributed by atoms with Gasteiger partial charge in [0, 0.05) is 5.92 Å². The van der Waals surface area contributed by atoms with Crippen molar-refractivity contribution in [3.63, 3.8) is 0 Å². The minimum Gasteiger partial charge on any atom is -0.320 e. The molecule has 0 saturated carbocycles. The van der Waals surface area contributed by atoms with Crippen LogP contribution in [0.4, 0.5) is 0 Å². The second kappa shape index (κ2) is 3.78. The van der Waals surface area contributed by atoms with E-state index < -0.39 is 0 Å². The van der Waals surface area contributed by atoms with Gasteiger partial charge in [0.15, 0.2) is 5.82 Å². The number of nitrogens with zero attached hydrogens (tertiary/aromatic N) is 4. The van der Waals surface area contributed by atoms with Crippen LogP contribution in [-0.2, 0) is 5.54 Å². The van der Waals surface area contributed by atoms with E-state index in [1.54, 1.807) is 0 Å². The number of hydrogen-bond donors (Lipinski definition) is 1. The number of nitrogens with two attached hydrogens (primary N) is 1. The van der Waals surface area contributed by atoms with Gasteiger partial charge in [-0.15, -0.1) is 10.2 Å². The van der Waals surface area contributed by atoms with Crippen LogP contribution in [0.1, 0.15) is 50.9 Å². The monoisotopic (exact) mass is 239 g/mol. The molecule has 0 bridgehead atoms. The van der Waals surface area contributed by atoms with E-state index in [0.29, 0.717) is 5.92 Å². The van der Waals surface area contributed by atoms with E-state index in [1.165, 1.54) is 11.3 Å². The first-order valence-electron chi connectivity index (χ1n) is 5.47. The standard InChI is InChI=1S/C10H17N5S/c1-5-10(4,11)8-14-15-7(6(2)3)12-13-9(15)16-8/h6H,5,11H2,1-4H3. The molecule has 0 fully saturated rings. The molecule has 0 spiro atoms. The molecule has 2 N–H and O–H groups in total. The molecule has 0 aliphatic heterocycles. The molecule has 0 aliphatic rings. The Morgan fingerprint density at radius 3 is 2.69 bits per heavy atom. The molecular weight excluding hydrogens is 222 g/mol. The Morgan fingerprint density at radius 1 is 1.44 bits per heavy atom. The highest BCUT2D eigenvalue weighted by Crippen LogP contribution is 2.27. The normalized spacial score (nSPS) is 15.9. The van der Waals surface area contributed by atoms with Crippen LogP contribution in [0.2, 0.25) is 0 Å². The molecule has 2 aromatic rings. The van der Waals surface area contributed by atoms with Crippen molar-refractivity contribution >= 4 is 16.3 Å². The van der Waals surface area contributed by atoms with Crippen LogP contribution in [0, 0.1) is 0 Å². The number of aromatic nitrogens is 4. The van der Waals surface area contributed by atoms with Crippen molar-refractivity contribution in [1.29, 1.82) is 0 Å². The van der Waals surface area contributed by atoms with Crippen LogP contribution < -0.4 is 5.73 Å². The molecule has 6 heteroatoms. The molecule has 88 valence electrons. The molecule has 2 rings (SSSR count). The van der Waals surface area contributed by atoms with Crippen LogP contribution >= 0.6 is 11.3 Å². The van der Waals surface area contributed by atoms with Crippen LogP contribution in [0.5, 0.6) is 0 Å². The number of fused-ring (bicyclic) bond motifs is 1. The first kappa shape index (κ1) is 11.5. The molecule has 0 aromatic carbocycles. The van der Waals surface area contributed by atoms with Gasteiger partial charge >= 0.3 is 0 Å². The Balaban J connectivity index is 2.53. The summed E-state index contributed by atoms with van der Waals surface area (Å²) in [5.74, 6) is 1.21. The van der Waals surface area contributed by atoms with Gasteiger partial charge < -0.3 is 5.73 Å². The van der Waals surface area contributed by atoms with Crippen molar-refractivity contribution in [2.45, 2.75) is 45.6 Å². The molecule has 2 heterocycles. The quantitative estimate of drug-likeness (QED) is 0.888. The van der Waals surface area contributed by atoms with Crippen LogP contribution in [0.25, 0.3) is 4.96 Å². The Kier molecular flexibility index (Phi) is 2.71. The Hall–Kier alpha value is -1.01. The summed E-state index contributed by atoms with van der Waals surface area (Å²) in [6.07, 6.45) is 0.855. The summed E-state index contributed by atoms with van der Waals surface area (Å²) in [6.45, 7) is 8.22. The molecule has 5 nitrogen and oxygen atoms in total. The minimum atomic E-state index is -0.375. The molecule has 0 saturated heterocycles. The van der Waals surface area contributed by atoms with Gasteiger partial charge in [-0.1, -0.05) is 32.1 Å². The SMILES string of the molecule is CCC(C)(N)c1nn2c(C(C)C)nnc2s1. The highest BCUT2D eigenvalue weighted by atomic mass is 32.1. The Bertz CT molecular complexity index is 496. The van der Waals surface area contributed by atoms with E-state index in [1.807, 2.05) is 11.4 Å². The molecule has 0 radical (unpaired) electrons. The van der Waals surface area contributed by atoms with Crippen molar-refractivity contribution in [3.8, 4) is 0 Å². The third kappa shape index (κ3) is 1.72. The zero-order valence-electron chi connectivity index (χ0n) is 10.1. The average Bonchev–Trinajstić information content (AvgIpc) is 2.75. The molecule has 2 aromatic heterocycles. The van der Waals surface area contributed by atoms with Crippen LogP contribution in [0.3, 0.4) is 0 Å². The largest absolute Gasteiger partial charge is 0.320 e. The molecular formula is C10H17N5S. The van der Waals surface area contributed by atoms with E-state index in [9.17, 15) is 0 Å². The van der Waals surface area contributed by atoms with E-state index in [4.69, 9.17) is 5.73 Å². The van der Waals surface area contributed by atoms with Crippen LogP contribution in [0.15, 0.2) is 0 Å². The molecule has 1 atom stereocenters. The van der Waals surface area contributed by atoms with E-state index in [-0.39, 0.29) is 5.54 Å². The van der Waals surface area contributed by atoms with E-state index >= 15 is 0 Å². The zero-order chi connectivity index (χ0) is 11.9. The summed E-state index contributed by atoms with van der Waals surface area (Å²) in [7, 11) is 0. The van der Waals surface area contributed by atoms with Gasteiger partial charge in [0.05, 0.1) is 5.54 Å². The summed E-state index contributed by atoms with van der Waals surface area (Å²) in [5.41, 5.74) is 5.80. The van der Waals surface area contributed by atoms with Gasteiger partial charge in [-0.25, -0.2) is 0 Å². The molecule has 0 aliphatic carbocycles. The summed E-state index contributed by atoms with van der Waals surface area (Å²) in [5, 5.41) is 13.7. The number of rotatable bonds is 3. The van der Waals surface area contributed by atoms with Crippen molar-refractivity contribution in [2.24, 2.45) is 5.73 Å². The highest BCUT2D eigenvalue weighted by molar-refractivity contribution is 7.16. The molecule has 16 heavy (non-hydrogen) atoms. The lowest BCUT2D eigenvalue weighted by Crippen LogP contribution is -2.32. The third-order valence-corrected chi connectivity index (χ3v) is 3.93. The van der Waals surface area contributed by atoms with Gasteiger partial charge in [0.1, 0.15) is 5.01 Å². The van der Waals surface area contributed by atoms with Gasteiger partial charge in [-0.2, -0.15) is 9.61 Å². The highest BCUT2D eigenvalue weighted by Gasteiger charge is 2.25. The van der Waals surface area contributed by atoms with Crippen molar-refractivity contribution in [2.75, 3.05) is 0 Å². The van der Waals surface area contributed by atoms with Gasteiger partial charge in [0.2, 0.25) is 4.96 Å². The Labute approximate surface area is 98.7 Å². The first-order chi connectivity index (χ1) is 7.45. The van der Waals surface area contributed by atoms with E-state index in [0.717, 1.165) is 22.2 Å². The smallest absolute Gasteiger partial charge is 0.234 e. The van der Waals surface area contributed by atoms with Gasteiger partial charge in [-0.05, 0) is 13.3 Å². The van der Waals surface area contributed by atoms with Crippen molar-refractivity contribution in [1.82, 2.24) is 19.8 Å². The molecule has 0 amide bonds. The lowest BCUT2D eigenvalue weighted by Gasteiger charge is -2.18. The number of hydrogen-bond acceptors (Lipinski definition) is 5. The Morgan fingerprint density at radius 2 is 2.12 bits per heavy atom. The van der Waals surface area contributed by atoms with Crippen molar-refractivity contribution < 1.29 is 0 Å². The second-order valence-electron chi connectivity index (χ2n) is 4.59. The topological polar surface area (TPSA) is 69.1 Å². The third-order valence-electron chi connectivity index (χ3n) is 2.75. The summed E-state index contributed by atoms with van der Waals surface area (Å²) >= 11 is 1.52. The second-order valence-corrected chi connectivity index (χ2v) is 5.54. The minimum absolute atomic E-state index is 0.315. The molecule has 1 unspecified atom stereocenters. The van der Waals surface area contributed by atoms with Gasteiger partial charge in [-0.3, -0.25) is 0 Å². The lowest BCUT2D eigenvalue weighted by molar-refractivity contribution is 0.466.